The fraction of sp³-hybridized carbons (Fsp3) is 0.615. The second kappa shape index (κ2) is 5.47. The molecule has 0 saturated heterocycles. The van der Waals surface area contributed by atoms with Gasteiger partial charge in [0.25, 0.3) is 0 Å². The molecule has 1 aromatic heterocycles. The van der Waals surface area contributed by atoms with E-state index < -0.39 is 0 Å². The van der Waals surface area contributed by atoms with Crippen molar-refractivity contribution in [1.82, 2.24) is 9.47 Å². The number of Topliss-reactive ketones (excluding diaryl/α,β-unsaturated/α-hetero) is 1. The van der Waals surface area contributed by atoms with Gasteiger partial charge in [0.15, 0.2) is 5.78 Å². The topological polar surface area (TPSA) is 34.5 Å². The monoisotopic (exact) mass is 236 g/mol. The van der Waals surface area contributed by atoms with Crippen LogP contribution in [-0.2, 0) is 11.8 Å². The van der Waals surface area contributed by atoms with Crippen molar-refractivity contribution in [3.63, 3.8) is 0 Å². The summed E-state index contributed by atoms with van der Waals surface area (Å²) < 4.78 is 6.99. The minimum atomic E-state index is 0.202. The SMILES string of the molecule is COCCN(CC(=O)c1ccn(C)c1)C1CC1. The Hall–Kier alpha value is -1.13. The maximum Gasteiger partial charge on any atom is 0.178 e. The number of methoxy groups -OCH3 is 1. The summed E-state index contributed by atoms with van der Waals surface area (Å²) in [5, 5.41) is 0. The summed E-state index contributed by atoms with van der Waals surface area (Å²) in [6.07, 6.45) is 6.21. The lowest BCUT2D eigenvalue weighted by atomic mass is 10.2. The summed E-state index contributed by atoms with van der Waals surface area (Å²) in [5.41, 5.74) is 0.801. The largest absolute Gasteiger partial charge is 0.383 e. The molecule has 1 aliphatic rings. The number of ether oxygens (including phenoxy) is 1. The lowest BCUT2D eigenvalue weighted by molar-refractivity contribution is 0.0886. The van der Waals surface area contributed by atoms with Gasteiger partial charge in [-0.2, -0.15) is 0 Å². The molecule has 17 heavy (non-hydrogen) atoms. The van der Waals surface area contributed by atoms with Gasteiger partial charge in [-0.1, -0.05) is 0 Å². The van der Waals surface area contributed by atoms with Crippen LogP contribution in [0.3, 0.4) is 0 Å². The van der Waals surface area contributed by atoms with Gasteiger partial charge in [0.2, 0.25) is 0 Å². The van der Waals surface area contributed by atoms with Crippen LogP contribution < -0.4 is 0 Å². The average molecular weight is 236 g/mol. The van der Waals surface area contributed by atoms with Crippen LogP contribution in [0.1, 0.15) is 23.2 Å². The number of ketones is 1. The fourth-order valence-corrected chi connectivity index (χ4v) is 1.98. The van der Waals surface area contributed by atoms with E-state index in [9.17, 15) is 4.79 Å². The summed E-state index contributed by atoms with van der Waals surface area (Å²) >= 11 is 0. The van der Waals surface area contributed by atoms with Gasteiger partial charge in [-0.15, -0.1) is 0 Å². The Bertz CT molecular complexity index is 383. The van der Waals surface area contributed by atoms with Gasteiger partial charge in [0.1, 0.15) is 0 Å². The maximum atomic E-state index is 12.1. The summed E-state index contributed by atoms with van der Waals surface area (Å²) in [5.74, 6) is 0.202. The van der Waals surface area contributed by atoms with Crippen LogP contribution >= 0.6 is 0 Å². The Labute approximate surface area is 102 Å². The van der Waals surface area contributed by atoms with Gasteiger partial charge < -0.3 is 9.30 Å². The molecule has 0 bridgehead atoms. The molecule has 0 N–H and O–H groups in total. The normalized spacial score (nSPS) is 15.5. The average Bonchev–Trinajstić information content (AvgIpc) is 3.06. The zero-order valence-corrected chi connectivity index (χ0v) is 10.6. The highest BCUT2D eigenvalue weighted by atomic mass is 16.5. The van der Waals surface area contributed by atoms with Crippen molar-refractivity contribution in [2.24, 2.45) is 7.05 Å². The van der Waals surface area contributed by atoms with Crippen LogP contribution in [0.15, 0.2) is 18.5 Å². The fourth-order valence-electron chi connectivity index (χ4n) is 1.98. The number of carbonyl (C=O) groups excluding carboxylic acids is 1. The maximum absolute atomic E-state index is 12.1. The highest BCUT2D eigenvalue weighted by molar-refractivity contribution is 5.97. The van der Waals surface area contributed by atoms with Crippen molar-refractivity contribution >= 4 is 5.78 Å². The second-order valence-electron chi connectivity index (χ2n) is 4.68. The van der Waals surface area contributed by atoms with Gasteiger partial charge in [-0.3, -0.25) is 9.69 Å². The minimum absolute atomic E-state index is 0.202. The Morgan fingerprint density at radius 1 is 1.59 bits per heavy atom. The van der Waals surface area contributed by atoms with E-state index in [1.54, 1.807) is 7.11 Å². The standard InChI is InChI=1S/C13H20N2O2/c1-14-6-5-11(9-14)13(16)10-15(7-8-17-2)12-3-4-12/h5-6,9,12H,3-4,7-8,10H2,1-2H3. The molecule has 0 spiro atoms. The molecule has 0 aromatic carbocycles. The molecule has 0 amide bonds. The Kier molecular flexibility index (Phi) is 3.97. The number of hydrogen-bond acceptors (Lipinski definition) is 3. The Morgan fingerprint density at radius 2 is 2.35 bits per heavy atom. The van der Waals surface area contributed by atoms with E-state index in [-0.39, 0.29) is 5.78 Å². The molecule has 0 unspecified atom stereocenters. The lowest BCUT2D eigenvalue weighted by Crippen LogP contribution is -2.34. The van der Waals surface area contributed by atoms with Gasteiger partial charge in [0, 0.05) is 44.7 Å². The molecule has 4 heteroatoms. The van der Waals surface area contributed by atoms with Crippen molar-refractivity contribution in [2.45, 2.75) is 18.9 Å². The molecule has 2 rings (SSSR count). The molecule has 1 aromatic rings. The number of carbonyl (C=O) groups is 1. The number of aromatic nitrogens is 1. The first kappa shape index (κ1) is 12.3. The summed E-state index contributed by atoms with van der Waals surface area (Å²) in [6, 6.07) is 2.47. The number of hydrogen-bond donors (Lipinski definition) is 0. The molecule has 0 aliphatic heterocycles. The predicted octanol–water partition coefficient (Wildman–Crippen LogP) is 1.32. The smallest absolute Gasteiger partial charge is 0.178 e. The van der Waals surface area contributed by atoms with Crippen molar-refractivity contribution < 1.29 is 9.53 Å². The molecule has 1 aliphatic carbocycles. The van der Waals surface area contributed by atoms with Crippen LogP contribution in [-0.4, -0.2) is 48.1 Å². The van der Waals surface area contributed by atoms with Gasteiger partial charge in [-0.05, 0) is 18.9 Å². The second-order valence-corrected chi connectivity index (χ2v) is 4.68. The zero-order valence-electron chi connectivity index (χ0n) is 10.6. The molecule has 1 fully saturated rings. The third-order valence-corrected chi connectivity index (χ3v) is 3.15. The van der Waals surface area contributed by atoms with E-state index >= 15 is 0 Å². The van der Waals surface area contributed by atoms with Gasteiger partial charge >= 0.3 is 0 Å². The number of nitrogens with zero attached hydrogens (tertiary/aromatic N) is 2. The molecule has 94 valence electrons. The van der Waals surface area contributed by atoms with Crippen LogP contribution in [0, 0.1) is 0 Å². The van der Waals surface area contributed by atoms with Crippen LogP contribution in [0.2, 0.25) is 0 Å². The predicted molar refractivity (Wildman–Crippen MR) is 66.2 cm³/mol. The van der Waals surface area contributed by atoms with Crippen LogP contribution in [0.5, 0.6) is 0 Å². The van der Waals surface area contributed by atoms with Gasteiger partial charge in [0.05, 0.1) is 13.2 Å². The molecular weight excluding hydrogens is 216 g/mol. The first-order valence-electron chi connectivity index (χ1n) is 6.09. The molecule has 0 radical (unpaired) electrons. The van der Waals surface area contributed by atoms with E-state index in [1.165, 1.54) is 12.8 Å². The highest BCUT2D eigenvalue weighted by Gasteiger charge is 2.30. The summed E-state index contributed by atoms with van der Waals surface area (Å²) in [7, 11) is 3.63. The molecule has 4 nitrogen and oxygen atoms in total. The third kappa shape index (κ3) is 3.41. The minimum Gasteiger partial charge on any atom is -0.383 e. The molecule has 0 atom stereocenters. The summed E-state index contributed by atoms with van der Waals surface area (Å²) in [4.78, 5) is 14.3. The van der Waals surface area contributed by atoms with Crippen molar-refractivity contribution in [1.29, 1.82) is 0 Å². The Morgan fingerprint density at radius 3 is 2.88 bits per heavy atom. The van der Waals surface area contributed by atoms with Crippen molar-refractivity contribution in [3.8, 4) is 0 Å². The van der Waals surface area contributed by atoms with E-state index in [0.717, 1.165) is 12.1 Å². The summed E-state index contributed by atoms with van der Waals surface area (Å²) in [6.45, 7) is 2.05. The molecule has 1 heterocycles. The van der Waals surface area contributed by atoms with Crippen molar-refractivity contribution in [2.75, 3.05) is 26.8 Å². The van der Waals surface area contributed by atoms with E-state index in [0.29, 0.717) is 19.2 Å². The molecule has 1 saturated carbocycles. The lowest BCUT2D eigenvalue weighted by Gasteiger charge is -2.20. The van der Waals surface area contributed by atoms with E-state index in [4.69, 9.17) is 4.74 Å². The van der Waals surface area contributed by atoms with Gasteiger partial charge in [-0.25, -0.2) is 0 Å². The van der Waals surface area contributed by atoms with Crippen molar-refractivity contribution in [3.05, 3.63) is 24.0 Å². The highest BCUT2D eigenvalue weighted by Crippen LogP contribution is 2.26. The zero-order chi connectivity index (χ0) is 12.3. The third-order valence-electron chi connectivity index (χ3n) is 3.15. The first-order chi connectivity index (χ1) is 8.20. The Balaban J connectivity index is 1.90. The number of aryl methyl sites for hydroxylation is 1. The van der Waals surface area contributed by atoms with E-state index in [1.807, 2.05) is 30.1 Å². The quantitative estimate of drug-likeness (QED) is 0.670. The van der Waals surface area contributed by atoms with Crippen LogP contribution in [0.25, 0.3) is 0 Å². The first-order valence-corrected chi connectivity index (χ1v) is 6.09. The molecular formula is C13H20N2O2. The number of rotatable bonds is 7. The van der Waals surface area contributed by atoms with E-state index in [2.05, 4.69) is 4.90 Å². The van der Waals surface area contributed by atoms with Crippen LogP contribution in [0.4, 0.5) is 0 Å².